The largest absolute Gasteiger partial charge is 0.341 e. The first kappa shape index (κ1) is 16.5. The zero-order valence-electron chi connectivity index (χ0n) is 14.0. The minimum absolute atomic E-state index is 0.261. The van der Waals surface area contributed by atoms with E-state index in [2.05, 4.69) is 35.4 Å². The van der Waals surface area contributed by atoms with Crippen LogP contribution in [0.25, 0.3) is 0 Å². The van der Waals surface area contributed by atoms with E-state index in [1.165, 1.54) is 12.8 Å². The molecule has 1 saturated carbocycles. The summed E-state index contributed by atoms with van der Waals surface area (Å²) in [7, 11) is -3.59. The Morgan fingerprint density at radius 2 is 2.00 bits per heavy atom. The fraction of sp³-hybridized carbons (Fsp3) is 0.588. The summed E-state index contributed by atoms with van der Waals surface area (Å²) >= 11 is 0. The molecule has 23 heavy (non-hydrogen) atoms. The number of fused-ring (bicyclic) bond motifs is 1. The topological polar surface area (TPSA) is 61.8 Å². The monoisotopic (exact) mass is 335 g/mol. The highest BCUT2D eigenvalue weighted by Gasteiger charge is 2.35. The molecule has 1 fully saturated rings. The lowest BCUT2D eigenvalue weighted by Gasteiger charge is -2.34. The number of rotatable bonds is 6. The van der Waals surface area contributed by atoms with Gasteiger partial charge >= 0.3 is 0 Å². The maximum absolute atomic E-state index is 12.4. The highest BCUT2D eigenvalue weighted by Crippen LogP contribution is 2.32. The summed E-state index contributed by atoms with van der Waals surface area (Å²) in [6.45, 7) is 7.24. The van der Waals surface area contributed by atoms with Gasteiger partial charge in [-0.1, -0.05) is 32.4 Å². The second kappa shape index (κ2) is 6.24. The van der Waals surface area contributed by atoms with Crippen molar-refractivity contribution in [2.24, 2.45) is 10.3 Å². The summed E-state index contributed by atoms with van der Waals surface area (Å²) < 4.78 is 28.7. The lowest BCUT2D eigenvalue weighted by molar-refractivity contribution is 0.172. The molecule has 1 aliphatic heterocycles. The van der Waals surface area contributed by atoms with Crippen molar-refractivity contribution in [1.29, 1.82) is 0 Å². The minimum Gasteiger partial charge on any atom is -0.341 e. The Morgan fingerprint density at radius 3 is 2.65 bits per heavy atom. The molecule has 126 valence electrons. The first-order valence-corrected chi connectivity index (χ1v) is 9.82. The Labute approximate surface area is 138 Å². The van der Waals surface area contributed by atoms with E-state index in [1.807, 2.05) is 6.07 Å². The highest BCUT2D eigenvalue weighted by atomic mass is 32.2. The van der Waals surface area contributed by atoms with E-state index >= 15 is 0 Å². The molecule has 1 aliphatic carbocycles. The maximum atomic E-state index is 12.4. The van der Waals surface area contributed by atoms with Crippen LogP contribution in [0.4, 0.5) is 5.69 Å². The lowest BCUT2D eigenvalue weighted by Crippen LogP contribution is -2.44. The Morgan fingerprint density at radius 1 is 1.30 bits per heavy atom. The Kier molecular flexibility index (Phi) is 4.47. The van der Waals surface area contributed by atoms with Gasteiger partial charge in [0.15, 0.2) is 0 Å². The van der Waals surface area contributed by atoms with Crippen LogP contribution in [0.2, 0.25) is 0 Å². The molecule has 0 amide bonds. The van der Waals surface area contributed by atoms with Crippen molar-refractivity contribution in [2.45, 2.75) is 57.0 Å². The second-order valence-corrected chi connectivity index (χ2v) is 8.24. The standard InChI is InChI=1S/C17H25N3O2S/c1-4-12(2)13(3)20(14-9-10-14)11-17-18-15-7-5-6-8-16(15)23(21,22)19-17/h5-8,12-14H,4,9-11H2,1-3H3,(H,18,19)/t12-,13-/m1/s1. The average molecular weight is 335 g/mol. The second-order valence-electron chi connectivity index (χ2n) is 6.66. The fourth-order valence-corrected chi connectivity index (χ4v) is 4.23. The molecule has 0 spiro atoms. The molecule has 2 atom stereocenters. The summed E-state index contributed by atoms with van der Waals surface area (Å²) in [6.07, 6.45) is 3.50. The van der Waals surface area contributed by atoms with E-state index in [0.717, 1.165) is 6.42 Å². The van der Waals surface area contributed by atoms with E-state index in [4.69, 9.17) is 0 Å². The van der Waals surface area contributed by atoms with E-state index in [-0.39, 0.29) is 4.90 Å². The van der Waals surface area contributed by atoms with E-state index in [0.29, 0.717) is 36.1 Å². The van der Waals surface area contributed by atoms with Crippen molar-refractivity contribution in [3.63, 3.8) is 0 Å². The molecular weight excluding hydrogens is 310 g/mol. The predicted octanol–water partition coefficient (Wildman–Crippen LogP) is 3.10. The zero-order valence-corrected chi connectivity index (χ0v) is 14.8. The summed E-state index contributed by atoms with van der Waals surface area (Å²) in [5, 5.41) is 3.21. The first-order chi connectivity index (χ1) is 10.9. The molecule has 6 heteroatoms. The van der Waals surface area contributed by atoms with Gasteiger partial charge in [0.1, 0.15) is 10.7 Å². The van der Waals surface area contributed by atoms with Crippen LogP contribution in [0.1, 0.15) is 40.0 Å². The maximum Gasteiger partial charge on any atom is 0.286 e. The molecule has 0 radical (unpaired) electrons. The number of hydrogen-bond acceptors (Lipinski definition) is 4. The van der Waals surface area contributed by atoms with E-state index in [9.17, 15) is 8.42 Å². The van der Waals surface area contributed by atoms with Gasteiger partial charge in [0, 0.05) is 12.1 Å². The summed E-state index contributed by atoms with van der Waals surface area (Å²) in [6, 6.07) is 7.92. The van der Waals surface area contributed by atoms with Crippen LogP contribution in [-0.4, -0.2) is 37.8 Å². The van der Waals surface area contributed by atoms with Crippen LogP contribution in [-0.2, 0) is 10.0 Å². The number of benzene rings is 1. The molecule has 2 aliphatic rings. The van der Waals surface area contributed by atoms with Gasteiger partial charge in [0.05, 0.1) is 12.2 Å². The van der Waals surface area contributed by atoms with Crippen LogP contribution in [0.3, 0.4) is 0 Å². The van der Waals surface area contributed by atoms with Gasteiger partial charge in [0.2, 0.25) is 0 Å². The van der Waals surface area contributed by atoms with Crippen molar-refractivity contribution in [1.82, 2.24) is 4.90 Å². The third-order valence-electron chi connectivity index (χ3n) is 5.01. The van der Waals surface area contributed by atoms with Crippen molar-refractivity contribution < 1.29 is 8.42 Å². The number of nitrogens with one attached hydrogen (secondary N) is 1. The quantitative estimate of drug-likeness (QED) is 0.868. The number of anilines is 1. The predicted molar refractivity (Wildman–Crippen MR) is 93.3 cm³/mol. The third-order valence-corrected chi connectivity index (χ3v) is 6.39. The smallest absolute Gasteiger partial charge is 0.286 e. The average Bonchev–Trinajstić information content (AvgIpc) is 3.35. The Bertz CT molecular complexity index is 710. The molecule has 1 N–H and O–H groups in total. The normalized spacial score (nSPS) is 22.0. The zero-order chi connectivity index (χ0) is 16.6. The number of para-hydroxylation sites is 1. The molecule has 0 unspecified atom stereocenters. The van der Waals surface area contributed by atoms with Gasteiger partial charge in [-0.25, -0.2) is 0 Å². The lowest BCUT2D eigenvalue weighted by atomic mass is 9.99. The molecule has 3 rings (SSSR count). The van der Waals surface area contributed by atoms with Gasteiger partial charge in [0.25, 0.3) is 10.0 Å². The van der Waals surface area contributed by atoms with Crippen molar-refractivity contribution in [3.05, 3.63) is 24.3 Å². The highest BCUT2D eigenvalue weighted by molar-refractivity contribution is 7.90. The van der Waals surface area contributed by atoms with Crippen molar-refractivity contribution in [2.75, 3.05) is 11.9 Å². The fourth-order valence-electron chi connectivity index (χ4n) is 3.09. The van der Waals surface area contributed by atoms with Crippen LogP contribution in [0.5, 0.6) is 0 Å². The van der Waals surface area contributed by atoms with Gasteiger partial charge in [-0.3, -0.25) is 4.90 Å². The molecule has 1 aromatic carbocycles. The molecule has 1 aromatic rings. The van der Waals surface area contributed by atoms with Gasteiger partial charge in [-0.2, -0.15) is 8.42 Å². The summed E-state index contributed by atoms with van der Waals surface area (Å²) in [5.41, 5.74) is 0.629. The Balaban J connectivity index is 1.83. The number of sulfonamides is 1. The van der Waals surface area contributed by atoms with Crippen molar-refractivity contribution in [3.8, 4) is 0 Å². The Hall–Kier alpha value is -1.40. The van der Waals surface area contributed by atoms with Crippen LogP contribution >= 0.6 is 0 Å². The minimum atomic E-state index is -3.59. The van der Waals surface area contributed by atoms with Crippen LogP contribution in [0, 0.1) is 5.92 Å². The third kappa shape index (κ3) is 3.43. The summed E-state index contributed by atoms with van der Waals surface area (Å²) in [4.78, 5) is 2.67. The molecule has 1 heterocycles. The molecule has 5 nitrogen and oxygen atoms in total. The SMILES string of the molecule is CC[C@@H](C)[C@@H](C)N(CC1=NS(=O)(=O)c2ccccc2N1)C1CC1. The number of hydrogen-bond donors (Lipinski definition) is 1. The molecule has 0 bridgehead atoms. The van der Waals surface area contributed by atoms with Gasteiger partial charge in [-0.05, 0) is 37.8 Å². The number of nitrogens with zero attached hydrogens (tertiary/aromatic N) is 2. The van der Waals surface area contributed by atoms with Gasteiger partial charge < -0.3 is 5.32 Å². The van der Waals surface area contributed by atoms with Crippen molar-refractivity contribution >= 4 is 21.5 Å². The first-order valence-electron chi connectivity index (χ1n) is 8.38. The van der Waals surface area contributed by atoms with Crippen LogP contribution in [0.15, 0.2) is 33.6 Å². The molecule has 0 aromatic heterocycles. The number of amidine groups is 1. The molecular formula is C17H25N3O2S. The van der Waals surface area contributed by atoms with Crippen LogP contribution < -0.4 is 5.32 Å². The summed E-state index contributed by atoms with van der Waals surface area (Å²) in [5.74, 6) is 1.11. The van der Waals surface area contributed by atoms with E-state index in [1.54, 1.807) is 18.2 Å². The molecule has 0 saturated heterocycles. The van der Waals surface area contributed by atoms with Gasteiger partial charge in [-0.15, -0.1) is 4.40 Å². The van der Waals surface area contributed by atoms with E-state index < -0.39 is 10.0 Å².